The second kappa shape index (κ2) is 9.14. The number of para-hydroxylation sites is 1. The molecule has 2 rings (SSSR count). The molecule has 2 aromatic rings. The summed E-state index contributed by atoms with van der Waals surface area (Å²) in [6, 6.07) is 12.9. The van der Waals surface area contributed by atoms with Crippen molar-refractivity contribution < 1.29 is 19.2 Å². The molecule has 2 aromatic carbocycles. The van der Waals surface area contributed by atoms with Gasteiger partial charge in [0.15, 0.2) is 6.10 Å². The summed E-state index contributed by atoms with van der Waals surface area (Å²) < 4.78 is 5.06. The molecular formula is C19H19N3O5. The fourth-order valence-corrected chi connectivity index (χ4v) is 2.19. The first-order valence-electron chi connectivity index (χ1n) is 8.12. The van der Waals surface area contributed by atoms with Crippen LogP contribution < -0.4 is 10.6 Å². The molecule has 0 heterocycles. The van der Waals surface area contributed by atoms with E-state index in [1.807, 2.05) is 6.07 Å². The zero-order valence-corrected chi connectivity index (χ0v) is 14.7. The summed E-state index contributed by atoms with van der Waals surface area (Å²) in [4.78, 5) is 34.7. The van der Waals surface area contributed by atoms with Crippen molar-refractivity contribution >= 4 is 28.9 Å². The molecule has 1 amide bonds. The van der Waals surface area contributed by atoms with Crippen LogP contribution in [0.2, 0.25) is 0 Å². The highest BCUT2D eigenvalue weighted by atomic mass is 16.6. The van der Waals surface area contributed by atoms with Crippen LogP contribution in [0.15, 0.2) is 61.2 Å². The van der Waals surface area contributed by atoms with Crippen LogP contribution in [0.4, 0.5) is 17.1 Å². The van der Waals surface area contributed by atoms with E-state index in [4.69, 9.17) is 4.74 Å². The highest BCUT2D eigenvalue weighted by molar-refractivity contribution is 5.94. The molecule has 0 saturated carbocycles. The zero-order chi connectivity index (χ0) is 19.8. The first kappa shape index (κ1) is 19.6. The Morgan fingerprint density at radius 1 is 1.26 bits per heavy atom. The Bertz CT molecular complexity index is 852. The van der Waals surface area contributed by atoms with Gasteiger partial charge in [0.05, 0.1) is 10.5 Å². The van der Waals surface area contributed by atoms with Crippen molar-refractivity contribution in [3.05, 3.63) is 76.9 Å². The number of benzene rings is 2. The van der Waals surface area contributed by atoms with Crippen molar-refractivity contribution in [1.29, 1.82) is 0 Å². The molecule has 0 bridgehead atoms. The fourth-order valence-electron chi connectivity index (χ4n) is 2.19. The summed E-state index contributed by atoms with van der Waals surface area (Å²) in [5, 5.41) is 16.8. The minimum Gasteiger partial charge on any atom is -0.449 e. The van der Waals surface area contributed by atoms with Gasteiger partial charge in [0, 0.05) is 18.3 Å². The van der Waals surface area contributed by atoms with Crippen LogP contribution in [0.1, 0.15) is 17.3 Å². The SMILES string of the molecule is C=CCNC(=O)[C@@H](C)OC(=O)c1ccc(Nc2ccccc2)c([N+](=O)[O-])c1. The molecule has 0 saturated heterocycles. The maximum Gasteiger partial charge on any atom is 0.339 e. The standard InChI is InChI=1S/C19H19N3O5/c1-3-11-20-18(23)13(2)27-19(24)14-9-10-16(17(12-14)22(25)26)21-15-7-5-4-6-8-15/h3-10,12-13,21H,1,11H2,2H3,(H,20,23)/t13-/m1/s1. The lowest BCUT2D eigenvalue weighted by Crippen LogP contribution is -2.35. The van der Waals surface area contributed by atoms with Gasteiger partial charge in [-0.25, -0.2) is 4.79 Å². The van der Waals surface area contributed by atoms with Crippen molar-refractivity contribution in [3.8, 4) is 0 Å². The third kappa shape index (κ3) is 5.40. The summed E-state index contributed by atoms with van der Waals surface area (Å²) >= 11 is 0. The van der Waals surface area contributed by atoms with E-state index >= 15 is 0 Å². The Balaban J connectivity index is 2.17. The van der Waals surface area contributed by atoms with Gasteiger partial charge >= 0.3 is 5.97 Å². The van der Waals surface area contributed by atoms with E-state index in [1.165, 1.54) is 25.1 Å². The van der Waals surface area contributed by atoms with Gasteiger partial charge in [0.2, 0.25) is 0 Å². The van der Waals surface area contributed by atoms with E-state index < -0.39 is 22.9 Å². The number of anilines is 2. The molecule has 0 aliphatic carbocycles. The monoisotopic (exact) mass is 369 g/mol. The van der Waals surface area contributed by atoms with Crippen molar-refractivity contribution in [1.82, 2.24) is 5.32 Å². The fraction of sp³-hybridized carbons (Fsp3) is 0.158. The molecular weight excluding hydrogens is 350 g/mol. The number of hydrogen-bond acceptors (Lipinski definition) is 6. The number of amides is 1. The van der Waals surface area contributed by atoms with Crippen LogP contribution in [-0.4, -0.2) is 29.4 Å². The molecule has 27 heavy (non-hydrogen) atoms. The van der Waals surface area contributed by atoms with E-state index in [9.17, 15) is 19.7 Å². The quantitative estimate of drug-likeness (QED) is 0.320. The summed E-state index contributed by atoms with van der Waals surface area (Å²) in [6.45, 7) is 5.13. The first-order chi connectivity index (χ1) is 12.9. The molecule has 0 aliphatic rings. The van der Waals surface area contributed by atoms with Gasteiger partial charge in [-0.1, -0.05) is 24.3 Å². The largest absolute Gasteiger partial charge is 0.449 e. The van der Waals surface area contributed by atoms with Crippen molar-refractivity contribution in [2.75, 3.05) is 11.9 Å². The Labute approximate surface area is 156 Å². The number of esters is 1. The van der Waals surface area contributed by atoms with Crippen molar-refractivity contribution in [3.63, 3.8) is 0 Å². The smallest absolute Gasteiger partial charge is 0.339 e. The lowest BCUT2D eigenvalue weighted by atomic mass is 10.1. The number of carbonyl (C=O) groups excluding carboxylic acids is 2. The van der Waals surface area contributed by atoms with E-state index in [1.54, 1.807) is 24.3 Å². The van der Waals surface area contributed by atoms with Crippen molar-refractivity contribution in [2.24, 2.45) is 0 Å². The first-order valence-corrected chi connectivity index (χ1v) is 8.12. The third-order valence-electron chi connectivity index (χ3n) is 3.56. The number of carbonyl (C=O) groups is 2. The maximum absolute atomic E-state index is 12.2. The van der Waals surface area contributed by atoms with Crippen LogP contribution in [-0.2, 0) is 9.53 Å². The van der Waals surface area contributed by atoms with E-state index in [0.29, 0.717) is 5.69 Å². The van der Waals surface area contributed by atoms with Crippen LogP contribution in [0.25, 0.3) is 0 Å². The molecule has 2 N–H and O–H groups in total. The molecule has 8 nitrogen and oxygen atoms in total. The molecule has 0 unspecified atom stereocenters. The Morgan fingerprint density at radius 3 is 2.59 bits per heavy atom. The number of rotatable bonds is 8. The maximum atomic E-state index is 12.2. The number of nitro benzene ring substituents is 1. The lowest BCUT2D eigenvalue weighted by Gasteiger charge is -2.13. The van der Waals surface area contributed by atoms with Crippen LogP contribution >= 0.6 is 0 Å². The molecule has 8 heteroatoms. The Morgan fingerprint density at radius 2 is 1.96 bits per heavy atom. The molecule has 140 valence electrons. The average molecular weight is 369 g/mol. The number of ether oxygens (including phenoxy) is 1. The van der Waals surface area contributed by atoms with Crippen LogP contribution in [0.5, 0.6) is 0 Å². The zero-order valence-electron chi connectivity index (χ0n) is 14.7. The second-order valence-electron chi connectivity index (χ2n) is 5.56. The summed E-state index contributed by atoms with van der Waals surface area (Å²) in [5.41, 5.74) is 0.601. The van der Waals surface area contributed by atoms with E-state index in [-0.39, 0.29) is 23.5 Å². The normalized spacial score (nSPS) is 11.1. The summed E-state index contributed by atoms with van der Waals surface area (Å²) in [6.07, 6.45) is 0.451. The highest BCUT2D eigenvalue weighted by Crippen LogP contribution is 2.29. The molecule has 0 aromatic heterocycles. The van der Waals surface area contributed by atoms with Crippen molar-refractivity contribution in [2.45, 2.75) is 13.0 Å². The minimum atomic E-state index is -1.04. The minimum absolute atomic E-state index is 0.0244. The summed E-state index contributed by atoms with van der Waals surface area (Å²) in [7, 11) is 0. The highest BCUT2D eigenvalue weighted by Gasteiger charge is 2.22. The predicted octanol–water partition coefficient (Wildman–Crippen LogP) is 3.19. The predicted molar refractivity (Wildman–Crippen MR) is 101 cm³/mol. The van der Waals surface area contributed by atoms with Gasteiger partial charge in [0.1, 0.15) is 5.69 Å². The molecule has 0 radical (unpaired) electrons. The Hall–Kier alpha value is -3.68. The van der Waals surface area contributed by atoms with Crippen LogP contribution in [0, 0.1) is 10.1 Å². The van der Waals surface area contributed by atoms with Gasteiger partial charge in [0.25, 0.3) is 11.6 Å². The van der Waals surface area contributed by atoms with Gasteiger partial charge in [-0.05, 0) is 31.2 Å². The molecule has 1 atom stereocenters. The van der Waals surface area contributed by atoms with Crippen LogP contribution in [0.3, 0.4) is 0 Å². The van der Waals surface area contributed by atoms with Gasteiger partial charge in [-0.3, -0.25) is 14.9 Å². The molecule has 0 aliphatic heterocycles. The number of nitrogens with one attached hydrogen (secondary N) is 2. The van der Waals surface area contributed by atoms with E-state index in [0.717, 1.165) is 6.07 Å². The second-order valence-corrected chi connectivity index (χ2v) is 5.56. The Kier molecular flexibility index (Phi) is 6.65. The molecule has 0 fully saturated rings. The number of hydrogen-bond donors (Lipinski definition) is 2. The number of nitro groups is 1. The van der Waals surface area contributed by atoms with Gasteiger partial charge < -0.3 is 15.4 Å². The topological polar surface area (TPSA) is 111 Å². The lowest BCUT2D eigenvalue weighted by molar-refractivity contribution is -0.383. The van der Waals surface area contributed by atoms with E-state index in [2.05, 4.69) is 17.2 Å². The average Bonchev–Trinajstić information content (AvgIpc) is 2.66. The number of nitrogens with zero attached hydrogens (tertiary/aromatic N) is 1. The third-order valence-corrected chi connectivity index (χ3v) is 3.56. The van der Waals surface area contributed by atoms with Gasteiger partial charge in [-0.15, -0.1) is 6.58 Å². The molecule has 0 spiro atoms. The summed E-state index contributed by atoms with van der Waals surface area (Å²) in [5.74, 6) is -1.31. The van der Waals surface area contributed by atoms with Gasteiger partial charge in [-0.2, -0.15) is 0 Å².